The number of carbonyl (C=O) groups excluding carboxylic acids is 1. The predicted molar refractivity (Wildman–Crippen MR) is 94.9 cm³/mol. The van der Waals surface area contributed by atoms with Gasteiger partial charge >= 0.3 is 0 Å². The van der Waals surface area contributed by atoms with Gasteiger partial charge in [0, 0.05) is 23.5 Å². The molecule has 0 aliphatic rings. The van der Waals surface area contributed by atoms with Crippen molar-refractivity contribution < 1.29 is 13.9 Å². The van der Waals surface area contributed by atoms with Crippen LogP contribution >= 0.6 is 0 Å². The summed E-state index contributed by atoms with van der Waals surface area (Å²) in [5, 5.41) is 2.60. The first-order valence-electron chi connectivity index (χ1n) is 7.94. The summed E-state index contributed by atoms with van der Waals surface area (Å²) < 4.78 is 19.0. The van der Waals surface area contributed by atoms with Gasteiger partial charge in [0.1, 0.15) is 28.8 Å². The van der Waals surface area contributed by atoms with Gasteiger partial charge in [0.2, 0.25) is 0 Å². The van der Waals surface area contributed by atoms with Crippen molar-refractivity contribution in [2.45, 2.75) is 20.8 Å². The van der Waals surface area contributed by atoms with E-state index in [4.69, 9.17) is 4.74 Å². The zero-order valence-corrected chi connectivity index (χ0v) is 14.6. The van der Waals surface area contributed by atoms with Gasteiger partial charge in [0.05, 0.1) is 11.9 Å². The van der Waals surface area contributed by atoms with Crippen molar-refractivity contribution in [1.82, 2.24) is 15.0 Å². The topological polar surface area (TPSA) is 77.0 Å². The van der Waals surface area contributed by atoms with Crippen LogP contribution < -0.4 is 10.1 Å². The molecular weight excluding hydrogens is 335 g/mol. The zero-order valence-electron chi connectivity index (χ0n) is 14.6. The Hall–Kier alpha value is -3.35. The number of anilines is 1. The Morgan fingerprint density at radius 2 is 1.81 bits per heavy atom. The molecule has 0 saturated heterocycles. The van der Waals surface area contributed by atoms with Gasteiger partial charge in [-0.15, -0.1) is 0 Å². The van der Waals surface area contributed by atoms with Crippen molar-refractivity contribution in [3.63, 3.8) is 0 Å². The van der Waals surface area contributed by atoms with Crippen LogP contribution in [0.2, 0.25) is 0 Å². The average Bonchev–Trinajstić information content (AvgIpc) is 2.60. The number of aromatic nitrogens is 3. The molecule has 0 aliphatic carbocycles. The van der Waals surface area contributed by atoms with Crippen LogP contribution in [0, 0.1) is 26.6 Å². The molecular formula is C19H17FN4O2. The molecule has 1 N–H and O–H groups in total. The van der Waals surface area contributed by atoms with E-state index in [0.29, 0.717) is 17.2 Å². The van der Waals surface area contributed by atoms with E-state index in [9.17, 15) is 9.18 Å². The highest BCUT2D eigenvalue weighted by Crippen LogP contribution is 2.22. The third-order valence-electron chi connectivity index (χ3n) is 3.54. The van der Waals surface area contributed by atoms with Crippen molar-refractivity contribution in [2.75, 3.05) is 5.32 Å². The number of ether oxygens (including phenoxy) is 1. The third kappa shape index (κ3) is 4.18. The van der Waals surface area contributed by atoms with Gasteiger partial charge in [-0.1, -0.05) is 0 Å². The number of nitrogens with zero attached hydrogens (tertiary/aromatic N) is 3. The maximum Gasteiger partial charge on any atom is 0.275 e. The van der Waals surface area contributed by atoms with Crippen molar-refractivity contribution in [3.8, 4) is 11.5 Å². The van der Waals surface area contributed by atoms with Gasteiger partial charge < -0.3 is 10.1 Å². The number of carbonyl (C=O) groups is 1. The summed E-state index contributed by atoms with van der Waals surface area (Å²) in [5.74, 6) is 0.389. The molecule has 0 unspecified atom stereocenters. The SMILES string of the molecule is Cc1ccc(Oc2cc(C)nc(C(=O)Nc3ccc(F)c(C)n3)c2)cn1. The predicted octanol–water partition coefficient (Wildman–Crippen LogP) is 3.98. The molecule has 7 heteroatoms. The van der Waals surface area contributed by atoms with Crippen LogP contribution in [0.3, 0.4) is 0 Å². The number of halogens is 1. The van der Waals surface area contributed by atoms with Crippen molar-refractivity contribution in [1.29, 1.82) is 0 Å². The van der Waals surface area contributed by atoms with E-state index < -0.39 is 11.7 Å². The molecule has 0 aliphatic heterocycles. The van der Waals surface area contributed by atoms with E-state index in [2.05, 4.69) is 20.3 Å². The van der Waals surface area contributed by atoms with E-state index in [1.54, 1.807) is 25.3 Å². The number of rotatable bonds is 4. The van der Waals surface area contributed by atoms with Crippen LogP contribution in [0.25, 0.3) is 0 Å². The van der Waals surface area contributed by atoms with Gasteiger partial charge in [0.25, 0.3) is 5.91 Å². The van der Waals surface area contributed by atoms with Crippen LogP contribution in [0.5, 0.6) is 11.5 Å². The van der Waals surface area contributed by atoms with Crippen molar-refractivity contribution in [2.24, 2.45) is 0 Å². The third-order valence-corrected chi connectivity index (χ3v) is 3.54. The Kier molecular flexibility index (Phi) is 4.88. The molecule has 0 saturated carbocycles. The molecule has 0 atom stereocenters. The molecule has 26 heavy (non-hydrogen) atoms. The second kappa shape index (κ2) is 7.26. The highest BCUT2D eigenvalue weighted by atomic mass is 19.1. The quantitative estimate of drug-likeness (QED) is 0.768. The number of pyridine rings is 3. The Morgan fingerprint density at radius 1 is 1.00 bits per heavy atom. The standard InChI is InChI=1S/C19H17FN4O2/c1-11-4-5-14(10-21-11)26-15-8-12(2)22-17(9-15)19(25)24-18-7-6-16(20)13(3)23-18/h4-10H,1-3H3,(H,23,24,25). The maximum absolute atomic E-state index is 13.3. The molecule has 3 heterocycles. The van der Waals surface area contributed by atoms with Gasteiger partial charge in [-0.05, 0) is 45.0 Å². The van der Waals surface area contributed by atoms with E-state index in [-0.39, 0.29) is 17.2 Å². The van der Waals surface area contributed by atoms with Crippen LogP contribution in [-0.2, 0) is 0 Å². The first-order valence-corrected chi connectivity index (χ1v) is 7.94. The summed E-state index contributed by atoms with van der Waals surface area (Å²) in [6, 6.07) is 9.52. The molecule has 0 aromatic carbocycles. The average molecular weight is 352 g/mol. The highest BCUT2D eigenvalue weighted by molar-refractivity contribution is 6.02. The summed E-state index contributed by atoms with van der Waals surface area (Å²) in [7, 11) is 0. The van der Waals surface area contributed by atoms with Gasteiger partial charge in [-0.2, -0.15) is 0 Å². The smallest absolute Gasteiger partial charge is 0.275 e. The maximum atomic E-state index is 13.3. The molecule has 3 aromatic heterocycles. The van der Waals surface area contributed by atoms with E-state index in [1.807, 2.05) is 13.0 Å². The first kappa shape index (κ1) is 17.5. The summed E-state index contributed by atoms with van der Waals surface area (Å²) >= 11 is 0. The minimum atomic E-state index is -0.459. The summed E-state index contributed by atoms with van der Waals surface area (Å²) in [6.07, 6.45) is 1.61. The molecule has 1 amide bonds. The van der Waals surface area contributed by atoms with Crippen LogP contribution in [0.4, 0.5) is 10.2 Å². The Balaban J connectivity index is 1.80. The number of amides is 1. The molecule has 132 valence electrons. The lowest BCUT2D eigenvalue weighted by atomic mass is 10.2. The van der Waals surface area contributed by atoms with Gasteiger partial charge in [0.15, 0.2) is 0 Å². The van der Waals surface area contributed by atoms with Crippen LogP contribution in [0.1, 0.15) is 27.6 Å². The Bertz CT molecular complexity index is 958. The lowest BCUT2D eigenvalue weighted by Crippen LogP contribution is -2.15. The Morgan fingerprint density at radius 3 is 2.50 bits per heavy atom. The molecule has 0 spiro atoms. The van der Waals surface area contributed by atoms with Crippen molar-refractivity contribution in [3.05, 3.63) is 71.2 Å². The normalized spacial score (nSPS) is 10.5. The zero-order chi connectivity index (χ0) is 18.7. The van der Waals surface area contributed by atoms with Crippen LogP contribution in [0.15, 0.2) is 42.6 Å². The van der Waals surface area contributed by atoms with Gasteiger partial charge in [-0.25, -0.2) is 14.4 Å². The fraction of sp³-hybridized carbons (Fsp3) is 0.158. The fourth-order valence-corrected chi connectivity index (χ4v) is 2.26. The van der Waals surface area contributed by atoms with E-state index >= 15 is 0 Å². The number of hydrogen-bond acceptors (Lipinski definition) is 5. The molecule has 0 bridgehead atoms. The molecule has 0 fully saturated rings. The summed E-state index contributed by atoms with van der Waals surface area (Å²) in [5.41, 5.74) is 1.88. The van der Waals surface area contributed by atoms with Crippen molar-refractivity contribution >= 4 is 11.7 Å². The largest absolute Gasteiger partial charge is 0.456 e. The molecule has 3 rings (SSSR count). The first-order chi connectivity index (χ1) is 12.4. The fourth-order valence-electron chi connectivity index (χ4n) is 2.26. The van der Waals surface area contributed by atoms with E-state index in [1.165, 1.54) is 25.1 Å². The minimum Gasteiger partial charge on any atom is -0.456 e. The lowest BCUT2D eigenvalue weighted by Gasteiger charge is -2.09. The Labute approximate surface area is 150 Å². The minimum absolute atomic E-state index is 0.170. The monoisotopic (exact) mass is 352 g/mol. The number of hydrogen-bond donors (Lipinski definition) is 1. The number of aryl methyl sites for hydroxylation is 3. The molecule has 6 nitrogen and oxygen atoms in total. The van der Waals surface area contributed by atoms with E-state index in [0.717, 1.165) is 5.69 Å². The number of nitrogens with one attached hydrogen (secondary N) is 1. The highest BCUT2D eigenvalue weighted by Gasteiger charge is 2.12. The summed E-state index contributed by atoms with van der Waals surface area (Å²) in [6.45, 7) is 5.17. The van der Waals surface area contributed by atoms with Gasteiger partial charge in [-0.3, -0.25) is 9.78 Å². The lowest BCUT2D eigenvalue weighted by molar-refractivity contribution is 0.102. The molecule has 0 radical (unpaired) electrons. The summed E-state index contributed by atoms with van der Waals surface area (Å²) in [4.78, 5) is 24.8. The molecule has 3 aromatic rings. The second-order valence-electron chi connectivity index (χ2n) is 5.78. The second-order valence-corrected chi connectivity index (χ2v) is 5.78. The van der Waals surface area contributed by atoms with Crippen LogP contribution in [-0.4, -0.2) is 20.9 Å².